The predicted octanol–water partition coefficient (Wildman–Crippen LogP) is 0.525. The highest BCUT2D eigenvalue weighted by Gasteiger charge is 2.42. The standard InChI is InChI=1S/C12H14BN3OS/c1-12(8-5-4-6-9(13)7-8)14-10(18)15(2)11(17)16(12)3/h4-7H,1-3H3,(H,14,18). The normalized spacial score (nSPS) is 24.2. The first kappa shape index (κ1) is 12.9. The molecule has 92 valence electrons. The molecule has 2 radical (unpaired) electrons. The Hall–Kier alpha value is -1.56. The van der Waals surface area contributed by atoms with Crippen LogP contribution in [0.25, 0.3) is 0 Å². The number of urea groups is 1. The molecule has 1 aromatic rings. The summed E-state index contributed by atoms with van der Waals surface area (Å²) in [4.78, 5) is 15.1. The average molecular weight is 259 g/mol. The summed E-state index contributed by atoms with van der Waals surface area (Å²) in [5, 5.41) is 3.58. The first-order valence-electron chi connectivity index (χ1n) is 5.56. The Bertz CT molecular complexity index is 522. The monoisotopic (exact) mass is 259 g/mol. The van der Waals surface area contributed by atoms with Crippen LogP contribution in [-0.4, -0.2) is 42.9 Å². The number of nitrogens with zero attached hydrogens (tertiary/aromatic N) is 2. The van der Waals surface area contributed by atoms with E-state index in [-0.39, 0.29) is 6.03 Å². The molecule has 1 saturated heterocycles. The second kappa shape index (κ2) is 4.28. The Morgan fingerprint density at radius 3 is 2.67 bits per heavy atom. The zero-order chi connectivity index (χ0) is 13.5. The van der Waals surface area contributed by atoms with Gasteiger partial charge in [-0.1, -0.05) is 29.7 Å². The minimum Gasteiger partial charge on any atom is -0.336 e. The molecule has 0 spiro atoms. The lowest BCUT2D eigenvalue weighted by atomic mass is 9.90. The van der Waals surface area contributed by atoms with Crippen LogP contribution in [0.2, 0.25) is 0 Å². The number of hydrogen-bond acceptors (Lipinski definition) is 2. The summed E-state index contributed by atoms with van der Waals surface area (Å²) < 4.78 is 0. The molecule has 1 heterocycles. The molecule has 2 rings (SSSR count). The molecule has 1 aliphatic heterocycles. The molecule has 0 aliphatic carbocycles. The van der Waals surface area contributed by atoms with E-state index in [0.717, 1.165) is 5.56 Å². The van der Waals surface area contributed by atoms with Crippen LogP contribution in [0, 0.1) is 0 Å². The van der Waals surface area contributed by atoms with Crippen molar-refractivity contribution < 1.29 is 4.79 Å². The summed E-state index contributed by atoms with van der Waals surface area (Å²) in [5.74, 6) is 0. The number of amides is 2. The van der Waals surface area contributed by atoms with Crippen molar-refractivity contribution in [3.8, 4) is 0 Å². The average Bonchev–Trinajstić information content (AvgIpc) is 2.34. The Kier molecular flexibility index (Phi) is 3.06. The van der Waals surface area contributed by atoms with Crippen LogP contribution in [0.3, 0.4) is 0 Å². The number of thiocarbonyl (C=S) groups is 1. The Balaban J connectivity index is 2.47. The molecule has 0 bridgehead atoms. The van der Waals surface area contributed by atoms with Gasteiger partial charge in [0.05, 0.1) is 0 Å². The van der Waals surface area contributed by atoms with Crippen LogP contribution in [0.15, 0.2) is 24.3 Å². The van der Waals surface area contributed by atoms with Gasteiger partial charge in [0.2, 0.25) is 0 Å². The van der Waals surface area contributed by atoms with Gasteiger partial charge in [0.1, 0.15) is 13.5 Å². The van der Waals surface area contributed by atoms with E-state index < -0.39 is 5.66 Å². The third-order valence-electron chi connectivity index (χ3n) is 3.35. The van der Waals surface area contributed by atoms with Crippen molar-refractivity contribution in [2.75, 3.05) is 14.1 Å². The van der Waals surface area contributed by atoms with Crippen molar-refractivity contribution in [2.24, 2.45) is 0 Å². The van der Waals surface area contributed by atoms with Gasteiger partial charge in [-0.3, -0.25) is 4.90 Å². The highest BCUT2D eigenvalue weighted by molar-refractivity contribution is 7.80. The van der Waals surface area contributed by atoms with E-state index in [0.29, 0.717) is 10.6 Å². The minimum absolute atomic E-state index is 0.149. The van der Waals surface area contributed by atoms with Gasteiger partial charge in [0.15, 0.2) is 5.11 Å². The summed E-state index contributed by atoms with van der Waals surface area (Å²) in [7, 11) is 9.17. The number of nitrogens with one attached hydrogen (secondary N) is 1. The molecule has 4 nitrogen and oxygen atoms in total. The van der Waals surface area contributed by atoms with Gasteiger partial charge < -0.3 is 10.2 Å². The fraction of sp³-hybridized carbons (Fsp3) is 0.333. The van der Waals surface area contributed by atoms with Gasteiger partial charge in [-0.2, -0.15) is 0 Å². The maximum atomic E-state index is 12.1. The van der Waals surface area contributed by atoms with E-state index in [9.17, 15) is 4.79 Å². The molecule has 18 heavy (non-hydrogen) atoms. The minimum atomic E-state index is -0.684. The Morgan fingerprint density at radius 2 is 2.06 bits per heavy atom. The van der Waals surface area contributed by atoms with E-state index in [1.807, 2.05) is 31.2 Å². The van der Waals surface area contributed by atoms with E-state index in [1.165, 1.54) is 4.90 Å². The lowest BCUT2D eigenvalue weighted by Gasteiger charge is -2.47. The van der Waals surface area contributed by atoms with Gasteiger partial charge in [0, 0.05) is 14.1 Å². The van der Waals surface area contributed by atoms with Crippen LogP contribution in [0.4, 0.5) is 4.79 Å². The van der Waals surface area contributed by atoms with Crippen molar-refractivity contribution in [1.82, 2.24) is 15.1 Å². The summed E-state index contributed by atoms with van der Waals surface area (Å²) in [6, 6.07) is 7.27. The molecule has 0 aromatic heterocycles. The fourth-order valence-corrected chi connectivity index (χ4v) is 2.26. The number of carbonyl (C=O) groups is 1. The zero-order valence-corrected chi connectivity index (χ0v) is 11.4. The number of hydrogen-bond donors (Lipinski definition) is 1. The van der Waals surface area contributed by atoms with Crippen LogP contribution < -0.4 is 10.8 Å². The predicted molar refractivity (Wildman–Crippen MR) is 75.8 cm³/mol. The summed E-state index contributed by atoms with van der Waals surface area (Å²) in [6.45, 7) is 1.90. The van der Waals surface area contributed by atoms with Crippen LogP contribution >= 0.6 is 12.2 Å². The largest absolute Gasteiger partial charge is 0.336 e. The first-order chi connectivity index (χ1) is 8.36. The van der Waals surface area contributed by atoms with Crippen molar-refractivity contribution in [3.63, 3.8) is 0 Å². The molecule has 1 unspecified atom stereocenters. The van der Waals surface area contributed by atoms with E-state index in [4.69, 9.17) is 20.1 Å². The fourth-order valence-electron chi connectivity index (χ4n) is 1.99. The van der Waals surface area contributed by atoms with Crippen molar-refractivity contribution in [3.05, 3.63) is 29.8 Å². The van der Waals surface area contributed by atoms with Crippen LogP contribution in [0.1, 0.15) is 12.5 Å². The summed E-state index contributed by atoms with van der Waals surface area (Å²) >= 11 is 5.18. The van der Waals surface area contributed by atoms with E-state index in [2.05, 4.69) is 5.32 Å². The molecular weight excluding hydrogens is 245 g/mol. The number of rotatable bonds is 1. The van der Waals surface area contributed by atoms with Crippen molar-refractivity contribution >= 4 is 36.7 Å². The van der Waals surface area contributed by atoms with Gasteiger partial charge in [-0.25, -0.2) is 4.79 Å². The highest BCUT2D eigenvalue weighted by atomic mass is 32.1. The summed E-state index contributed by atoms with van der Waals surface area (Å²) in [6.07, 6.45) is 0. The quantitative estimate of drug-likeness (QED) is 0.590. The second-order valence-electron chi connectivity index (χ2n) is 4.53. The maximum Gasteiger partial charge on any atom is 0.327 e. The van der Waals surface area contributed by atoms with Crippen LogP contribution in [-0.2, 0) is 5.66 Å². The number of carbonyl (C=O) groups excluding carboxylic acids is 1. The van der Waals surface area contributed by atoms with Gasteiger partial charge in [0.25, 0.3) is 0 Å². The zero-order valence-electron chi connectivity index (χ0n) is 10.6. The van der Waals surface area contributed by atoms with Gasteiger partial charge >= 0.3 is 6.03 Å². The molecule has 1 aromatic carbocycles. The second-order valence-corrected chi connectivity index (χ2v) is 4.92. The lowest BCUT2D eigenvalue weighted by molar-refractivity contribution is 0.101. The molecule has 1 fully saturated rings. The van der Waals surface area contributed by atoms with Gasteiger partial charge in [-0.15, -0.1) is 0 Å². The maximum absolute atomic E-state index is 12.1. The SMILES string of the molecule is [B]c1cccc(C2(C)NC(=S)N(C)C(=O)N2C)c1. The topological polar surface area (TPSA) is 35.6 Å². The molecule has 2 amide bonds. The summed E-state index contributed by atoms with van der Waals surface area (Å²) in [5.41, 5.74) is 0.866. The van der Waals surface area contributed by atoms with E-state index >= 15 is 0 Å². The van der Waals surface area contributed by atoms with E-state index in [1.54, 1.807) is 19.0 Å². The lowest BCUT2D eigenvalue weighted by Crippen LogP contribution is -2.67. The Morgan fingerprint density at radius 1 is 1.39 bits per heavy atom. The molecule has 1 N–H and O–H groups in total. The molecule has 1 aliphatic rings. The molecule has 6 heteroatoms. The molecule has 0 saturated carbocycles. The van der Waals surface area contributed by atoms with Gasteiger partial charge in [-0.05, 0) is 24.7 Å². The third-order valence-corrected chi connectivity index (χ3v) is 3.72. The highest BCUT2D eigenvalue weighted by Crippen LogP contribution is 2.27. The van der Waals surface area contributed by atoms with Crippen molar-refractivity contribution in [1.29, 1.82) is 0 Å². The molecule has 1 atom stereocenters. The van der Waals surface area contributed by atoms with Crippen LogP contribution in [0.5, 0.6) is 0 Å². The first-order valence-corrected chi connectivity index (χ1v) is 5.97. The van der Waals surface area contributed by atoms with Crippen molar-refractivity contribution in [2.45, 2.75) is 12.6 Å². The Labute approximate surface area is 113 Å². The number of benzene rings is 1. The third kappa shape index (κ3) is 1.86. The molecular formula is C12H14BN3OS. The smallest absolute Gasteiger partial charge is 0.327 e.